The molecule has 0 aliphatic carbocycles. The first-order valence-corrected chi connectivity index (χ1v) is 10.6. The lowest BCUT2D eigenvalue weighted by Crippen LogP contribution is -2.27. The van der Waals surface area contributed by atoms with Gasteiger partial charge in [0.05, 0.1) is 17.4 Å². The molecule has 0 saturated heterocycles. The molecule has 0 heterocycles. The van der Waals surface area contributed by atoms with Crippen molar-refractivity contribution in [1.29, 1.82) is 0 Å². The maximum absolute atomic E-state index is 10.8. The lowest BCUT2D eigenvalue weighted by Gasteiger charge is -2.02. The van der Waals surface area contributed by atoms with Crippen LogP contribution < -0.4 is 10.6 Å². The molecule has 2 amide bonds. The Balaban J connectivity index is -0.0000000979. The molecule has 40 heavy (non-hydrogen) atoms. The van der Waals surface area contributed by atoms with Gasteiger partial charge in [-0.2, -0.15) is 0 Å². The molecule has 0 aliphatic rings. The van der Waals surface area contributed by atoms with Crippen LogP contribution in [0.3, 0.4) is 0 Å². The van der Waals surface area contributed by atoms with E-state index in [4.69, 9.17) is 9.59 Å². The van der Waals surface area contributed by atoms with E-state index < -0.39 is 36.5 Å². The van der Waals surface area contributed by atoms with Crippen LogP contribution in [0.2, 0.25) is 0 Å². The van der Waals surface area contributed by atoms with Crippen LogP contribution >= 0.6 is 24.4 Å². The number of carbonyl (C=O) groups excluding carboxylic acids is 7. The Morgan fingerprint density at radius 2 is 1.02 bits per heavy atom. The maximum atomic E-state index is 10.8. The van der Waals surface area contributed by atoms with E-state index in [0.29, 0.717) is 0 Å². The zero-order valence-corrected chi connectivity index (χ0v) is 24.8. The van der Waals surface area contributed by atoms with Gasteiger partial charge in [-0.15, -0.1) is 0 Å². The van der Waals surface area contributed by atoms with Gasteiger partial charge in [-0.1, -0.05) is 0 Å². The number of nitrogens with zero attached hydrogens (tertiary/aromatic N) is 4. The highest BCUT2D eigenvalue weighted by Gasteiger charge is 2.17. The predicted octanol–water partition coefficient (Wildman–Crippen LogP) is 0.264. The number of aliphatic imine (C=N–C) groups is 4. The third-order valence-electron chi connectivity index (χ3n) is 2.12. The molecule has 0 aromatic heterocycles. The van der Waals surface area contributed by atoms with Crippen molar-refractivity contribution in [3.63, 3.8) is 0 Å². The standard InChI is InChI=1S/C7H10N2O6.C5H10O4.2C2H3NO.2C2H3NS/c1-8-6(12)14-4(10)3-5(11)15-7(13)9-2;1-7-4-9-3-5(6)8-2;4*1-3-2-4/h3H2,1-2H3,(H,8,12)(H,9,13);3-4H2,1-2H3;4*1H3. The summed E-state index contributed by atoms with van der Waals surface area (Å²) >= 11 is 8.27. The van der Waals surface area contributed by atoms with E-state index >= 15 is 0 Å². The highest BCUT2D eigenvalue weighted by Crippen LogP contribution is 1.91. The molecule has 0 aliphatic heterocycles. The number of alkyl carbamates (subject to hydrolysis) is 2. The minimum Gasteiger partial charge on any atom is -0.467 e. The summed E-state index contributed by atoms with van der Waals surface area (Å²) in [5.41, 5.74) is 0. The second-order valence-electron chi connectivity index (χ2n) is 4.79. The van der Waals surface area contributed by atoms with Crippen molar-refractivity contribution < 1.29 is 57.2 Å². The molecule has 0 fully saturated rings. The number of ether oxygens (including phenoxy) is 5. The minimum absolute atomic E-state index is 0.0513. The van der Waals surface area contributed by atoms with Gasteiger partial charge in [0.25, 0.3) is 0 Å². The summed E-state index contributed by atoms with van der Waals surface area (Å²) in [4.78, 5) is 83.1. The Bertz CT molecular complexity index is 802. The van der Waals surface area contributed by atoms with Gasteiger partial charge in [0.2, 0.25) is 12.2 Å². The molecule has 0 aromatic carbocycles. The number of isothiocyanates is 2. The lowest BCUT2D eigenvalue weighted by atomic mass is 10.4. The monoisotopic (exact) mass is 612 g/mol. The fourth-order valence-corrected chi connectivity index (χ4v) is 0.766. The molecule has 0 unspecified atom stereocenters. The topological polar surface area (TPSA) is 239 Å². The summed E-state index contributed by atoms with van der Waals surface area (Å²) in [7, 11) is 11.2. The summed E-state index contributed by atoms with van der Waals surface area (Å²) in [6.45, 7) is 0.0689. The highest BCUT2D eigenvalue weighted by molar-refractivity contribution is 7.78. The van der Waals surface area contributed by atoms with Crippen LogP contribution in [-0.2, 0) is 47.7 Å². The van der Waals surface area contributed by atoms with Crippen molar-refractivity contribution in [3.8, 4) is 0 Å². The molecule has 0 rings (SSSR count). The van der Waals surface area contributed by atoms with Crippen molar-refractivity contribution in [2.24, 2.45) is 20.0 Å². The first-order chi connectivity index (χ1) is 19.0. The quantitative estimate of drug-likeness (QED) is 0.0598. The van der Waals surface area contributed by atoms with Crippen LogP contribution in [0.25, 0.3) is 0 Å². The summed E-state index contributed by atoms with van der Waals surface area (Å²) in [6.07, 6.45) is -0.193. The van der Waals surface area contributed by atoms with E-state index in [2.05, 4.69) is 78.4 Å². The molecule has 20 heteroatoms. The number of thiocarbonyl (C=S) groups is 2. The highest BCUT2D eigenvalue weighted by atomic mass is 32.1. The number of esters is 3. The first-order valence-electron chi connectivity index (χ1n) is 9.78. The Morgan fingerprint density at radius 3 is 1.23 bits per heavy atom. The fraction of sp³-hybridized carbons (Fsp3) is 0.550. The normalized spacial score (nSPS) is 7.00. The number of methoxy groups -OCH3 is 2. The third kappa shape index (κ3) is 69.9. The van der Waals surface area contributed by atoms with Gasteiger partial charge >= 0.3 is 30.1 Å². The Kier molecular flexibility index (Phi) is 58.1. The molecule has 0 atom stereocenters. The smallest absolute Gasteiger partial charge is 0.414 e. The molecular weight excluding hydrogens is 580 g/mol. The van der Waals surface area contributed by atoms with E-state index in [1.807, 2.05) is 10.6 Å². The zero-order chi connectivity index (χ0) is 32.6. The second kappa shape index (κ2) is 47.8. The summed E-state index contributed by atoms with van der Waals surface area (Å²) in [6, 6.07) is 0. The van der Waals surface area contributed by atoms with Crippen molar-refractivity contribution in [2.45, 2.75) is 6.42 Å². The van der Waals surface area contributed by atoms with Gasteiger partial charge in [-0.25, -0.2) is 43.9 Å². The molecule has 0 spiro atoms. The van der Waals surface area contributed by atoms with Crippen LogP contribution in [0.15, 0.2) is 20.0 Å². The van der Waals surface area contributed by atoms with Crippen LogP contribution in [0.1, 0.15) is 6.42 Å². The van der Waals surface area contributed by atoms with Gasteiger partial charge in [0.15, 0.2) is 0 Å². The molecule has 0 bridgehead atoms. The van der Waals surface area contributed by atoms with Crippen LogP contribution in [0, 0.1) is 0 Å². The number of carbonyl (C=O) groups is 5. The van der Waals surface area contributed by atoms with Gasteiger partial charge in [0, 0.05) is 49.4 Å². The van der Waals surface area contributed by atoms with E-state index in [-0.39, 0.29) is 13.4 Å². The van der Waals surface area contributed by atoms with Crippen molar-refractivity contribution in [3.05, 3.63) is 0 Å². The van der Waals surface area contributed by atoms with Crippen LogP contribution in [-0.4, -0.2) is 122 Å². The number of hydrogen-bond donors (Lipinski definition) is 2. The molecule has 0 aromatic rings. The van der Waals surface area contributed by atoms with Crippen LogP contribution in [0.4, 0.5) is 9.59 Å². The summed E-state index contributed by atoms with van der Waals surface area (Å²) in [5, 5.41) is 8.29. The van der Waals surface area contributed by atoms with E-state index in [1.165, 1.54) is 54.6 Å². The summed E-state index contributed by atoms with van der Waals surface area (Å²) < 4.78 is 21.6. The van der Waals surface area contributed by atoms with E-state index in [1.54, 1.807) is 14.1 Å². The predicted molar refractivity (Wildman–Crippen MR) is 146 cm³/mol. The number of nitrogens with one attached hydrogen (secondary N) is 2. The zero-order valence-electron chi connectivity index (χ0n) is 23.1. The summed E-state index contributed by atoms with van der Waals surface area (Å²) in [5.74, 6) is -2.61. The van der Waals surface area contributed by atoms with E-state index in [0.717, 1.165) is 0 Å². The van der Waals surface area contributed by atoms with Crippen LogP contribution in [0.5, 0.6) is 0 Å². The van der Waals surface area contributed by atoms with Crippen molar-refractivity contribution in [1.82, 2.24) is 10.6 Å². The number of rotatable bonds is 6. The molecule has 18 nitrogen and oxygen atoms in total. The number of hydrogen-bond acceptors (Lipinski definition) is 18. The molecule has 226 valence electrons. The van der Waals surface area contributed by atoms with Gasteiger partial charge in [-0.05, 0) is 24.4 Å². The third-order valence-corrected chi connectivity index (χ3v) is 2.49. The van der Waals surface area contributed by atoms with Gasteiger partial charge in [0.1, 0.15) is 19.8 Å². The number of isocyanates is 2. The second-order valence-corrected chi connectivity index (χ2v) is 5.16. The van der Waals surface area contributed by atoms with E-state index in [9.17, 15) is 24.0 Å². The van der Waals surface area contributed by atoms with Crippen molar-refractivity contribution in [2.75, 3.05) is 69.9 Å². The fourth-order valence-electron chi connectivity index (χ4n) is 0.766. The lowest BCUT2D eigenvalue weighted by molar-refractivity contribution is -0.150. The molecular formula is C20H32N6O12S2. The largest absolute Gasteiger partial charge is 0.467 e. The van der Waals surface area contributed by atoms with Crippen molar-refractivity contribution >= 4 is 77.0 Å². The molecule has 2 N–H and O–H groups in total. The minimum atomic E-state index is -1.11. The first kappa shape index (κ1) is 48.7. The maximum Gasteiger partial charge on any atom is 0.414 e. The Hall–Kier alpha value is -4.37. The molecule has 0 radical (unpaired) electrons. The SMILES string of the molecule is CN=C=O.CN=C=O.CN=C=S.CN=C=S.CNC(=O)OC(=O)CC(=O)OC(=O)NC.COCOCC(=O)OC. The number of amides is 2. The Morgan fingerprint density at radius 1 is 0.700 bits per heavy atom. The molecule has 0 saturated carbocycles. The van der Waals surface area contributed by atoms with Gasteiger partial charge < -0.3 is 34.3 Å². The van der Waals surface area contributed by atoms with Gasteiger partial charge in [-0.3, -0.25) is 9.59 Å². The Labute approximate surface area is 241 Å². The average molecular weight is 613 g/mol. The average Bonchev–Trinajstić information content (AvgIpc) is 2.97.